The number of rotatable bonds is 6. The molecule has 0 saturated heterocycles. The molecular weight excluding hydrogens is 222 g/mol. The summed E-state index contributed by atoms with van der Waals surface area (Å²) in [6.45, 7) is 9.74. The van der Waals surface area contributed by atoms with E-state index >= 15 is 0 Å². The summed E-state index contributed by atoms with van der Waals surface area (Å²) in [5.74, 6) is 0. The van der Waals surface area contributed by atoms with Crippen LogP contribution < -0.4 is 4.90 Å². The maximum Gasteiger partial charge on any atom is 0.0504 e. The number of anilines is 1. The van der Waals surface area contributed by atoms with Crippen LogP contribution in [0.15, 0.2) is 18.2 Å². The first-order chi connectivity index (χ1) is 8.46. The molecule has 1 aromatic rings. The Bertz CT molecular complexity index is 354. The second-order valence-electron chi connectivity index (χ2n) is 5.57. The zero-order valence-corrected chi connectivity index (χ0v) is 12.5. The van der Waals surface area contributed by atoms with Crippen molar-refractivity contribution in [3.8, 4) is 0 Å². The van der Waals surface area contributed by atoms with Gasteiger partial charge in [0, 0.05) is 24.7 Å². The predicted octanol–water partition coefficient (Wildman–Crippen LogP) is 3.54. The van der Waals surface area contributed by atoms with E-state index in [1.807, 2.05) is 0 Å². The molecule has 18 heavy (non-hydrogen) atoms. The lowest BCUT2D eigenvalue weighted by atomic mass is 9.82. The van der Waals surface area contributed by atoms with E-state index in [0.717, 1.165) is 19.4 Å². The van der Waals surface area contributed by atoms with Gasteiger partial charge >= 0.3 is 0 Å². The molecule has 0 bridgehead atoms. The molecule has 0 aliphatic heterocycles. The molecule has 0 radical (unpaired) electrons. The molecule has 0 saturated carbocycles. The van der Waals surface area contributed by atoms with Crippen LogP contribution in [-0.4, -0.2) is 25.3 Å². The van der Waals surface area contributed by atoms with Gasteiger partial charge in [-0.1, -0.05) is 19.9 Å². The Morgan fingerprint density at radius 2 is 1.56 bits per heavy atom. The lowest BCUT2D eigenvalue weighted by Crippen LogP contribution is -2.37. The maximum atomic E-state index is 9.65. The van der Waals surface area contributed by atoms with Crippen LogP contribution in [0.1, 0.15) is 37.8 Å². The molecule has 0 aliphatic carbocycles. The molecule has 2 heteroatoms. The van der Waals surface area contributed by atoms with E-state index in [1.165, 1.54) is 16.8 Å². The Hall–Kier alpha value is -1.02. The first kappa shape index (κ1) is 15.0. The van der Waals surface area contributed by atoms with Gasteiger partial charge in [-0.25, -0.2) is 0 Å². The van der Waals surface area contributed by atoms with Crippen LogP contribution in [0.25, 0.3) is 0 Å². The van der Waals surface area contributed by atoms with E-state index in [-0.39, 0.29) is 12.0 Å². The first-order valence-electron chi connectivity index (χ1n) is 6.86. The van der Waals surface area contributed by atoms with Gasteiger partial charge in [0.05, 0.1) is 6.61 Å². The van der Waals surface area contributed by atoms with Crippen molar-refractivity contribution in [2.24, 2.45) is 5.41 Å². The molecule has 0 amide bonds. The minimum absolute atomic E-state index is 0.0202. The second-order valence-corrected chi connectivity index (χ2v) is 5.57. The molecule has 0 aliphatic rings. The Morgan fingerprint density at radius 1 is 1.06 bits per heavy atom. The third-order valence-corrected chi connectivity index (χ3v) is 4.06. The van der Waals surface area contributed by atoms with Gasteiger partial charge in [0.25, 0.3) is 0 Å². The molecule has 0 atom stereocenters. The summed E-state index contributed by atoms with van der Waals surface area (Å²) in [6, 6.07) is 6.61. The Kier molecular flexibility index (Phi) is 5.21. The van der Waals surface area contributed by atoms with Gasteiger partial charge in [-0.2, -0.15) is 0 Å². The van der Waals surface area contributed by atoms with Crippen molar-refractivity contribution in [1.29, 1.82) is 0 Å². The number of aryl methyl sites for hydroxylation is 2. The van der Waals surface area contributed by atoms with E-state index in [1.54, 1.807) is 0 Å². The molecular formula is C16H27NO. The summed E-state index contributed by atoms with van der Waals surface area (Å²) in [5, 5.41) is 9.65. The molecule has 0 unspecified atom stereocenters. The van der Waals surface area contributed by atoms with Gasteiger partial charge in [-0.05, 0) is 49.9 Å². The highest BCUT2D eigenvalue weighted by atomic mass is 16.3. The highest BCUT2D eigenvalue weighted by molar-refractivity contribution is 5.50. The monoisotopic (exact) mass is 249 g/mol. The normalized spacial score (nSPS) is 11.7. The molecule has 1 rings (SSSR count). The van der Waals surface area contributed by atoms with Gasteiger partial charge in [-0.3, -0.25) is 0 Å². The van der Waals surface area contributed by atoms with Crippen molar-refractivity contribution < 1.29 is 5.11 Å². The predicted molar refractivity (Wildman–Crippen MR) is 79.3 cm³/mol. The first-order valence-corrected chi connectivity index (χ1v) is 6.86. The van der Waals surface area contributed by atoms with E-state index < -0.39 is 0 Å². The molecule has 0 fully saturated rings. The topological polar surface area (TPSA) is 23.5 Å². The fourth-order valence-electron chi connectivity index (χ4n) is 2.51. The summed E-state index contributed by atoms with van der Waals surface area (Å²) in [6.07, 6.45) is 2.02. The second kappa shape index (κ2) is 6.24. The van der Waals surface area contributed by atoms with Crippen molar-refractivity contribution in [1.82, 2.24) is 0 Å². The summed E-state index contributed by atoms with van der Waals surface area (Å²) < 4.78 is 0. The molecule has 0 spiro atoms. The van der Waals surface area contributed by atoms with Crippen molar-refractivity contribution in [3.63, 3.8) is 0 Å². The van der Waals surface area contributed by atoms with Crippen molar-refractivity contribution in [3.05, 3.63) is 29.3 Å². The van der Waals surface area contributed by atoms with Crippen LogP contribution in [0.5, 0.6) is 0 Å². The van der Waals surface area contributed by atoms with Crippen LogP contribution in [0.4, 0.5) is 5.69 Å². The fourth-order valence-corrected chi connectivity index (χ4v) is 2.51. The quantitative estimate of drug-likeness (QED) is 0.833. The number of aliphatic hydroxyl groups excluding tert-OH is 1. The highest BCUT2D eigenvalue weighted by Crippen LogP contribution is 2.29. The molecule has 0 aromatic heterocycles. The average molecular weight is 249 g/mol. The number of benzene rings is 1. The van der Waals surface area contributed by atoms with Gasteiger partial charge in [-0.15, -0.1) is 0 Å². The third-order valence-electron chi connectivity index (χ3n) is 4.06. The minimum atomic E-state index is 0.0202. The summed E-state index contributed by atoms with van der Waals surface area (Å²) in [7, 11) is 2.12. The lowest BCUT2D eigenvalue weighted by Gasteiger charge is -2.35. The van der Waals surface area contributed by atoms with Crippen LogP contribution in [0.2, 0.25) is 0 Å². The van der Waals surface area contributed by atoms with Crippen LogP contribution in [0.3, 0.4) is 0 Å². The average Bonchev–Trinajstić information content (AvgIpc) is 2.35. The molecule has 102 valence electrons. The summed E-state index contributed by atoms with van der Waals surface area (Å²) in [4.78, 5) is 2.27. The standard InChI is InChI=1S/C16H27NO/c1-6-16(7-2,12-18)11-17(5)15-9-13(3)8-14(4)10-15/h8-10,18H,6-7,11-12H2,1-5H3. The van der Waals surface area contributed by atoms with E-state index in [2.05, 4.69) is 57.8 Å². The highest BCUT2D eigenvalue weighted by Gasteiger charge is 2.27. The number of hydrogen-bond acceptors (Lipinski definition) is 2. The van der Waals surface area contributed by atoms with Crippen LogP contribution >= 0.6 is 0 Å². The number of hydrogen-bond donors (Lipinski definition) is 1. The summed E-state index contributed by atoms with van der Waals surface area (Å²) >= 11 is 0. The van der Waals surface area contributed by atoms with Gasteiger partial charge in [0.15, 0.2) is 0 Å². The van der Waals surface area contributed by atoms with Crippen LogP contribution in [0, 0.1) is 19.3 Å². The largest absolute Gasteiger partial charge is 0.396 e. The van der Waals surface area contributed by atoms with Crippen molar-refractivity contribution >= 4 is 5.69 Å². The zero-order valence-electron chi connectivity index (χ0n) is 12.5. The van der Waals surface area contributed by atoms with Crippen molar-refractivity contribution in [2.75, 3.05) is 25.1 Å². The number of aliphatic hydroxyl groups is 1. The SMILES string of the molecule is CCC(CC)(CO)CN(C)c1cc(C)cc(C)c1. The maximum absolute atomic E-state index is 9.65. The zero-order chi connectivity index (χ0) is 13.8. The molecule has 1 N–H and O–H groups in total. The molecule has 2 nitrogen and oxygen atoms in total. The lowest BCUT2D eigenvalue weighted by molar-refractivity contribution is 0.121. The molecule has 1 aromatic carbocycles. The van der Waals surface area contributed by atoms with Gasteiger partial charge in [0.1, 0.15) is 0 Å². The Labute approximate surface area is 112 Å². The van der Waals surface area contributed by atoms with Gasteiger partial charge < -0.3 is 10.0 Å². The smallest absolute Gasteiger partial charge is 0.0504 e. The third kappa shape index (κ3) is 3.49. The Balaban J connectivity index is 2.90. The molecule has 0 heterocycles. The van der Waals surface area contributed by atoms with Gasteiger partial charge in [0.2, 0.25) is 0 Å². The minimum Gasteiger partial charge on any atom is -0.396 e. The number of nitrogens with zero attached hydrogens (tertiary/aromatic N) is 1. The van der Waals surface area contributed by atoms with E-state index in [9.17, 15) is 5.11 Å². The van der Waals surface area contributed by atoms with Crippen LogP contribution in [-0.2, 0) is 0 Å². The summed E-state index contributed by atoms with van der Waals surface area (Å²) in [5.41, 5.74) is 3.85. The Morgan fingerprint density at radius 3 is 1.94 bits per heavy atom. The van der Waals surface area contributed by atoms with Crippen molar-refractivity contribution in [2.45, 2.75) is 40.5 Å². The van der Waals surface area contributed by atoms with E-state index in [0.29, 0.717) is 0 Å². The van der Waals surface area contributed by atoms with E-state index in [4.69, 9.17) is 0 Å². The fraction of sp³-hybridized carbons (Fsp3) is 0.625.